The van der Waals surface area contributed by atoms with Gasteiger partial charge in [-0.3, -0.25) is 0 Å². The van der Waals surface area contributed by atoms with Crippen molar-refractivity contribution in [2.45, 2.75) is 0 Å². The molecule has 0 aliphatic heterocycles. The highest BCUT2D eigenvalue weighted by Crippen LogP contribution is 1.36. The van der Waals surface area contributed by atoms with Crippen molar-refractivity contribution < 1.29 is 5.21 Å². The van der Waals surface area contributed by atoms with E-state index in [0.717, 1.165) is 0 Å². The summed E-state index contributed by atoms with van der Waals surface area (Å²) in [4.78, 5) is 0. The number of nitrogens with two attached hydrogens (primary N) is 1. The van der Waals surface area contributed by atoms with Gasteiger partial charge in [0, 0.05) is 13.1 Å². The molecule has 0 aromatic heterocycles. The minimum absolute atomic E-state index is 0.472. The smallest absolute Gasteiger partial charge is 0.0330 e. The minimum Gasteiger partial charge on any atom is -0.329 e. The third-order valence-electron chi connectivity index (χ3n) is 0.256. The standard InChI is InChI=1S/C2H8N2O/c3-1-2-4-5/h4-5H,1-3H2. The van der Waals surface area contributed by atoms with E-state index in [-0.39, 0.29) is 0 Å². The Morgan fingerprint density at radius 2 is 2.40 bits per heavy atom. The van der Waals surface area contributed by atoms with Crippen LogP contribution in [0.2, 0.25) is 0 Å². The average Bonchev–Trinajstić information content (AvgIpc) is 1.41. The van der Waals surface area contributed by atoms with Crippen molar-refractivity contribution in [2.24, 2.45) is 5.73 Å². The highest BCUT2D eigenvalue weighted by molar-refractivity contribution is 4.28. The van der Waals surface area contributed by atoms with Gasteiger partial charge < -0.3 is 10.9 Å². The van der Waals surface area contributed by atoms with Crippen molar-refractivity contribution in [1.29, 1.82) is 0 Å². The number of hydrogen-bond donors (Lipinski definition) is 3. The highest BCUT2D eigenvalue weighted by Gasteiger charge is 1.65. The first-order valence-electron chi connectivity index (χ1n) is 1.49. The molecule has 0 heterocycles. The summed E-state index contributed by atoms with van der Waals surface area (Å²) in [6, 6.07) is 0. The molecule has 0 aliphatic carbocycles. The lowest BCUT2D eigenvalue weighted by molar-refractivity contribution is 0.170. The second-order valence-corrected chi connectivity index (χ2v) is 0.697. The second kappa shape index (κ2) is 3.88. The molecule has 3 heteroatoms. The van der Waals surface area contributed by atoms with Crippen LogP contribution in [-0.4, -0.2) is 18.3 Å². The van der Waals surface area contributed by atoms with E-state index < -0.39 is 0 Å². The van der Waals surface area contributed by atoms with Crippen molar-refractivity contribution >= 4 is 0 Å². The van der Waals surface area contributed by atoms with E-state index in [1.165, 1.54) is 0 Å². The first-order chi connectivity index (χ1) is 2.41. The Balaban J connectivity index is 2.19. The van der Waals surface area contributed by atoms with Gasteiger partial charge in [-0.2, -0.15) is 0 Å². The van der Waals surface area contributed by atoms with Crippen molar-refractivity contribution in [3.63, 3.8) is 0 Å². The predicted molar refractivity (Wildman–Crippen MR) is 18.8 cm³/mol. The first kappa shape index (κ1) is 4.88. The molecule has 0 rings (SSSR count). The molecule has 0 saturated carbocycles. The van der Waals surface area contributed by atoms with E-state index in [9.17, 15) is 0 Å². The van der Waals surface area contributed by atoms with Gasteiger partial charge in [-0.25, -0.2) is 5.48 Å². The lowest BCUT2D eigenvalue weighted by Crippen LogP contribution is -2.17. The zero-order valence-corrected chi connectivity index (χ0v) is 2.94. The fourth-order valence-electron chi connectivity index (χ4n) is 0.0645. The molecular formula is C2H8N2O. The third kappa shape index (κ3) is 3.88. The Morgan fingerprint density at radius 1 is 1.80 bits per heavy atom. The van der Waals surface area contributed by atoms with Crippen LogP contribution >= 0.6 is 0 Å². The topological polar surface area (TPSA) is 58.3 Å². The van der Waals surface area contributed by atoms with Gasteiger partial charge in [0.15, 0.2) is 0 Å². The summed E-state index contributed by atoms with van der Waals surface area (Å²) in [6.07, 6.45) is 0. The first-order valence-corrected chi connectivity index (χ1v) is 1.49. The number of hydrogen-bond acceptors (Lipinski definition) is 3. The van der Waals surface area contributed by atoms with Gasteiger partial charge in [0.05, 0.1) is 0 Å². The Bertz CT molecular complexity index is 15.1. The maximum absolute atomic E-state index is 7.74. The van der Waals surface area contributed by atoms with Crippen molar-refractivity contribution in [3.8, 4) is 0 Å². The van der Waals surface area contributed by atoms with Gasteiger partial charge >= 0.3 is 0 Å². The van der Waals surface area contributed by atoms with Crippen molar-refractivity contribution in [3.05, 3.63) is 0 Å². The van der Waals surface area contributed by atoms with Crippen LogP contribution < -0.4 is 11.2 Å². The lowest BCUT2D eigenvalue weighted by Gasteiger charge is -1.84. The summed E-state index contributed by atoms with van der Waals surface area (Å²) in [6.45, 7) is 0.955. The van der Waals surface area contributed by atoms with Crippen LogP contribution in [-0.2, 0) is 0 Å². The molecule has 0 spiro atoms. The fraction of sp³-hybridized carbons (Fsp3) is 1.00. The van der Waals surface area contributed by atoms with E-state index in [0.29, 0.717) is 13.1 Å². The maximum Gasteiger partial charge on any atom is 0.0330 e. The molecule has 0 unspecified atom stereocenters. The fourth-order valence-corrected chi connectivity index (χ4v) is 0.0645. The molecule has 0 fully saturated rings. The normalized spacial score (nSPS) is 8.40. The Kier molecular flexibility index (Phi) is 3.79. The SMILES string of the molecule is NCCNO. The molecule has 0 aromatic carbocycles. The molecule has 0 aromatic rings. The third-order valence-corrected chi connectivity index (χ3v) is 0.256. The summed E-state index contributed by atoms with van der Waals surface area (Å²) >= 11 is 0. The van der Waals surface area contributed by atoms with Gasteiger partial charge in [-0.05, 0) is 0 Å². The summed E-state index contributed by atoms with van der Waals surface area (Å²) in [5.74, 6) is 0. The Morgan fingerprint density at radius 3 is 2.40 bits per heavy atom. The van der Waals surface area contributed by atoms with Gasteiger partial charge in [0.25, 0.3) is 0 Å². The van der Waals surface area contributed by atoms with Gasteiger partial charge in [0.2, 0.25) is 0 Å². The maximum atomic E-state index is 7.74. The van der Waals surface area contributed by atoms with E-state index in [4.69, 9.17) is 10.9 Å². The molecule has 5 heavy (non-hydrogen) atoms. The molecular weight excluding hydrogens is 68.0 g/mol. The van der Waals surface area contributed by atoms with Gasteiger partial charge in [-0.15, -0.1) is 0 Å². The van der Waals surface area contributed by atoms with Crippen LogP contribution in [0.15, 0.2) is 0 Å². The van der Waals surface area contributed by atoms with Gasteiger partial charge in [0.1, 0.15) is 0 Å². The molecule has 0 bridgehead atoms. The summed E-state index contributed by atoms with van der Waals surface area (Å²) in [5.41, 5.74) is 6.81. The quantitative estimate of drug-likeness (QED) is 0.367. The van der Waals surface area contributed by atoms with Crippen LogP contribution in [0, 0.1) is 0 Å². The lowest BCUT2D eigenvalue weighted by atomic mass is 10.7. The summed E-state index contributed by atoms with van der Waals surface area (Å²) in [5, 5.41) is 7.74. The number of nitrogens with one attached hydrogen (secondary N) is 1. The van der Waals surface area contributed by atoms with Crippen molar-refractivity contribution in [2.75, 3.05) is 13.1 Å². The second-order valence-electron chi connectivity index (χ2n) is 0.697. The molecule has 0 aliphatic rings. The number of rotatable bonds is 2. The zero-order valence-electron chi connectivity index (χ0n) is 2.94. The largest absolute Gasteiger partial charge is 0.329 e. The van der Waals surface area contributed by atoms with Crippen LogP contribution in [0.25, 0.3) is 0 Å². The van der Waals surface area contributed by atoms with Crippen LogP contribution in [0.5, 0.6) is 0 Å². The van der Waals surface area contributed by atoms with Gasteiger partial charge in [-0.1, -0.05) is 0 Å². The van der Waals surface area contributed by atoms with E-state index in [2.05, 4.69) is 0 Å². The number of hydroxylamine groups is 1. The van der Waals surface area contributed by atoms with Crippen LogP contribution in [0.3, 0.4) is 0 Å². The molecule has 4 N–H and O–H groups in total. The zero-order chi connectivity index (χ0) is 4.12. The van der Waals surface area contributed by atoms with E-state index >= 15 is 0 Å². The minimum atomic E-state index is 0.472. The molecule has 0 saturated heterocycles. The van der Waals surface area contributed by atoms with E-state index in [1.54, 1.807) is 0 Å². The molecule has 0 atom stereocenters. The average molecular weight is 76.1 g/mol. The highest BCUT2D eigenvalue weighted by atomic mass is 16.5. The molecule has 0 amide bonds. The summed E-state index contributed by atoms with van der Waals surface area (Å²) < 4.78 is 0. The summed E-state index contributed by atoms with van der Waals surface area (Å²) in [7, 11) is 0. The van der Waals surface area contributed by atoms with Crippen LogP contribution in [0.1, 0.15) is 0 Å². The Labute approximate surface area is 30.7 Å². The molecule has 3 nitrogen and oxygen atoms in total. The van der Waals surface area contributed by atoms with Crippen molar-refractivity contribution in [1.82, 2.24) is 5.48 Å². The molecule has 0 radical (unpaired) electrons. The predicted octanol–water partition coefficient (Wildman–Crippen LogP) is -1.08. The molecule has 32 valence electrons. The van der Waals surface area contributed by atoms with Crippen LogP contribution in [0.4, 0.5) is 0 Å². The Hall–Kier alpha value is -0.120. The van der Waals surface area contributed by atoms with E-state index in [1.807, 2.05) is 5.48 Å². The monoisotopic (exact) mass is 76.1 g/mol.